The molecule has 0 amide bonds. The highest BCUT2D eigenvalue weighted by Gasteiger charge is 2.20. The number of benzene rings is 2. The van der Waals surface area contributed by atoms with Crippen LogP contribution >= 0.6 is 15.9 Å². The Balaban J connectivity index is 2.24. The zero-order chi connectivity index (χ0) is 16.1. The molecule has 0 atom stereocenters. The van der Waals surface area contributed by atoms with Crippen LogP contribution in [0.5, 0.6) is 0 Å². The maximum Gasteiger partial charge on any atom is 0.267 e. The zero-order valence-corrected chi connectivity index (χ0v) is 13.7. The summed E-state index contributed by atoms with van der Waals surface area (Å²) in [4.78, 5) is 0.0540. The summed E-state index contributed by atoms with van der Waals surface area (Å²) >= 11 is 2.91. The molecular weight excluding hydrogens is 376 g/mol. The van der Waals surface area contributed by atoms with Gasteiger partial charge in [-0.05, 0) is 41.1 Å². The first-order valence-electron chi connectivity index (χ1n) is 6.28. The Morgan fingerprint density at radius 2 is 1.64 bits per heavy atom. The van der Waals surface area contributed by atoms with Crippen LogP contribution in [0.1, 0.15) is 5.56 Å². The van der Waals surface area contributed by atoms with Crippen molar-refractivity contribution in [3.05, 3.63) is 64.4 Å². The molecule has 3 nitrogen and oxygen atoms in total. The van der Waals surface area contributed by atoms with Crippen molar-refractivity contribution in [1.82, 2.24) is 3.97 Å². The lowest BCUT2D eigenvalue weighted by atomic mass is 10.2. The summed E-state index contributed by atoms with van der Waals surface area (Å²) in [6, 6.07) is 7.21. The SMILES string of the molecule is Cc1ccc(S(=O)(=O)n2cc3c(F)cc(Br)c(F)c3c2)cc1. The Kier molecular flexibility index (Phi) is 3.57. The van der Waals surface area contributed by atoms with E-state index in [4.69, 9.17) is 0 Å². The lowest BCUT2D eigenvalue weighted by molar-refractivity contribution is 0.587. The minimum Gasteiger partial charge on any atom is -0.248 e. The highest BCUT2D eigenvalue weighted by molar-refractivity contribution is 9.10. The summed E-state index contributed by atoms with van der Waals surface area (Å²) in [6.45, 7) is 1.84. The summed E-state index contributed by atoms with van der Waals surface area (Å²) in [5, 5.41) is -0.182. The number of hydrogen-bond donors (Lipinski definition) is 0. The second-order valence-corrected chi connectivity index (χ2v) is 7.59. The van der Waals surface area contributed by atoms with Crippen molar-refractivity contribution in [3.63, 3.8) is 0 Å². The standard InChI is InChI=1S/C15H10BrF2NO2S/c1-9-2-4-10(5-3-9)22(20,21)19-7-11-12(8-19)15(18)13(16)6-14(11)17/h2-8H,1H3. The fraction of sp³-hybridized carbons (Fsp3) is 0.0667. The van der Waals surface area contributed by atoms with Crippen molar-refractivity contribution >= 4 is 36.7 Å². The summed E-state index contributed by atoms with van der Waals surface area (Å²) < 4.78 is 53.7. The van der Waals surface area contributed by atoms with Crippen molar-refractivity contribution in [1.29, 1.82) is 0 Å². The number of halogens is 3. The molecule has 1 heterocycles. The average Bonchev–Trinajstić information content (AvgIpc) is 2.92. The second kappa shape index (κ2) is 5.17. The number of fused-ring (bicyclic) bond motifs is 1. The third kappa shape index (κ3) is 2.34. The van der Waals surface area contributed by atoms with Gasteiger partial charge in [0.15, 0.2) is 0 Å². The maximum atomic E-state index is 14.0. The number of nitrogens with zero attached hydrogens (tertiary/aromatic N) is 1. The van der Waals surface area contributed by atoms with E-state index >= 15 is 0 Å². The molecule has 3 aromatic rings. The van der Waals surface area contributed by atoms with Crippen LogP contribution in [0.15, 0.2) is 52.1 Å². The van der Waals surface area contributed by atoms with Crippen LogP contribution in [0, 0.1) is 18.6 Å². The number of hydrogen-bond acceptors (Lipinski definition) is 2. The van der Waals surface area contributed by atoms with E-state index in [1.165, 1.54) is 12.1 Å². The molecule has 0 fully saturated rings. The summed E-state index contributed by atoms with van der Waals surface area (Å²) in [5.41, 5.74) is 0.914. The summed E-state index contributed by atoms with van der Waals surface area (Å²) in [7, 11) is -3.90. The van der Waals surface area contributed by atoms with Gasteiger partial charge < -0.3 is 0 Å². The van der Waals surface area contributed by atoms with E-state index in [-0.39, 0.29) is 20.1 Å². The van der Waals surface area contributed by atoms with Crippen LogP contribution in [0.3, 0.4) is 0 Å². The molecule has 7 heteroatoms. The molecule has 0 spiro atoms. The van der Waals surface area contributed by atoms with Crippen molar-refractivity contribution in [3.8, 4) is 0 Å². The van der Waals surface area contributed by atoms with E-state index in [2.05, 4.69) is 15.9 Å². The molecule has 0 saturated heterocycles. The monoisotopic (exact) mass is 385 g/mol. The van der Waals surface area contributed by atoms with Crippen molar-refractivity contribution in [2.24, 2.45) is 0 Å². The van der Waals surface area contributed by atoms with Gasteiger partial charge in [0.25, 0.3) is 10.0 Å². The molecule has 1 aromatic heterocycles. The van der Waals surface area contributed by atoms with E-state index in [9.17, 15) is 17.2 Å². The molecule has 0 N–H and O–H groups in total. The van der Waals surface area contributed by atoms with Gasteiger partial charge in [-0.2, -0.15) is 0 Å². The normalized spacial score (nSPS) is 12.0. The molecule has 3 rings (SSSR count). The van der Waals surface area contributed by atoms with Crippen LogP contribution in [-0.4, -0.2) is 12.4 Å². The lowest BCUT2D eigenvalue weighted by Crippen LogP contribution is -2.10. The van der Waals surface area contributed by atoms with Crippen LogP contribution < -0.4 is 0 Å². The van der Waals surface area contributed by atoms with Gasteiger partial charge in [-0.1, -0.05) is 17.7 Å². The summed E-state index contributed by atoms with van der Waals surface area (Å²) in [6.07, 6.45) is 2.16. The third-order valence-corrected chi connectivity index (χ3v) is 5.57. The minimum absolute atomic E-state index is 0.0528. The van der Waals surface area contributed by atoms with E-state index in [1.807, 2.05) is 6.92 Å². The molecular formula is C15H10BrF2NO2S. The van der Waals surface area contributed by atoms with Crippen LogP contribution in [0.2, 0.25) is 0 Å². The Morgan fingerprint density at radius 1 is 1.05 bits per heavy atom. The van der Waals surface area contributed by atoms with E-state index in [0.717, 1.165) is 28.0 Å². The Bertz CT molecular complexity index is 979. The molecule has 0 aliphatic rings. The van der Waals surface area contributed by atoms with Crippen molar-refractivity contribution in [2.45, 2.75) is 11.8 Å². The topological polar surface area (TPSA) is 39.1 Å². The number of aryl methyl sites for hydroxylation is 1. The molecule has 22 heavy (non-hydrogen) atoms. The smallest absolute Gasteiger partial charge is 0.248 e. The molecule has 0 radical (unpaired) electrons. The average molecular weight is 386 g/mol. The predicted molar refractivity (Wildman–Crippen MR) is 83.3 cm³/mol. The highest BCUT2D eigenvalue weighted by atomic mass is 79.9. The van der Waals surface area contributed by atoms with Crippen LogP contribution in [0.4, 0.5) is 8.78 Å². The predicted octanol–water partition coefficient (Wildman–Crippen LogP) is 4.23. The zero-order valence-electron chi connectivity index (χ0n) is 11.3. The van der Waals surface area contributed by atoms with Gasteiger partial charge in [-0.15, -0.1) is 0 Å². The molecule has 0 aliphatic carbocycles. The number of aromatic nitrogens is 1. The molecule has 114 valence electrons. The van der Waals surface area contributed by atoms with Gasteiger partial charge in [0.2, 0.25) is 0 Å². The quantitative estimate of drug-likeness (QED) is 0.619. The van der Waals surface area contributed by atoms with E-state index < -0.39 is 21.7 Å². The van der Waals surface area contributed by atoms with Gasteiger partial charge in [-0.3, -0.25) is 0 Å². The van der Waals surface area contributed by atoms with Gasteiger partial charge in [0, 0.05) is 23.2 Å². The van der Waals surface area contributed by atoms with Crippen LogP contribution in [-0.2, 0) is 10.0 Å². The van der Waals surface area contributed by atoms with Gasteiger partial charge >= 0.3 is 0 Å². The number of rotatable bonds is 2. The van der Waals surface area contributed by atoms with Gasteiger partial charge in [-0.25, -0.2) is 21.2 Å². The highest BCUT2D eigenvalue weighted by Crippen LogP contribution is 2.30. The van der Waals surface area contributed by atoms with Crippen molar-refractivity contribution < 1.29 is 17.2 Å². The Hall–Kier alpha value is -1.73. The fourth-order valence-electron chi connectivity index (χ4n) is 2.15. The first kappa shape index (κ1) is 15.2. The maximum absolute atomic E-state index is 14.0. The molecule has 0 bridgehead atoms. The van der Waals surface area contributed by atoms with E-state index in [0.29, 0.717) is 0 Å². The summed E-state index contributed by atoms with van der Waals surface area (Å²) in [5.74, 6) is -1.39. The van der Waals surface area contributed by atoms with Gasteiger partial charge in [0.1, 0.15) is 11.6 Å². The Morgan fingerprint density at radius 3 is 2.27 bits per heavy atom. The minimum atomic E-state index is -3.90. The Labute approximate surface area is 134 Å². The first-order valence-corrected chi connectivity index (χ1v) is 8.51. The molecule has 0 saturated carbocycles. The fourth-order valence-corrected chi connectivity index (χ4v) is 3.77. The van der Waals surface area contributed by atoms with Gasteiger partial charge in [0.05, 0.1) is 9.37 Å². The largest absolute Gasteiger partial charge is 0.267 e. The third-order valence-electron chi connectivity index (χ3n) is 3.36. The lowest BCUT2D eigenvalue weighted by Gasteiger charge is -2.05. The molecule has 2 aromatic carbocycles. The second-order valence-electron chi connectivity index (χ2n) is 4.89. The first-order chi connectivity index (χ1) is 10.3. The van der Waals surface area contributed by atoms with Crippen molar-refractivity contribution in [2.75, 3.05) is 0 Å². The molecule has 0 unspecified atom stereocenters. The molecule has 0 aliphatic heterocycles. The van der Waals surface area contributed by atoms with Crippen LogP contribution in [0.25, 0.3) is 10.8 Å². The van der Waals surface area contributed by atoms with E-state index in [1.54, 1.807) is 12.1 Å².